The fourth-order valence-corrected chi connectivity index (χ4v) is 8.36. The Balaban J connectivity index is 1.08. The van der Waals surface area contributed by atoms with Gasteiger partial charge in [-0.25, -0.2) is 14.8 Å². The zero-order valence-electron chi connectivity index (χ0n) is 35.0. The lowest BCUT2D eigenvalue weighted by Crippen LogP contribution is -2.45. The lowest BCUT2D eigenvalue weighted by atomic mass is 9.94. The van der Waals surface area contributed by atoms with Crippen molar-refractivity contribution in [3.05, 3.63) is 113 Å². The third kappa shape index (κ3) is 9.36. The first-order valence-corrected chi connectivity index (χ1v) is 21.6. The molecule has 0 aliphatic carbocycles. The number of aryl methyl sites for hydroxylation is 1. The number of hydrogen-bond acceptors (Lipinski definition) is 13. The SMILES string of the molecule is CCn1cc(-c2ncc3snc(OC(Cc4ccccc4OCc4ccnc(-c5ccccc5OC)n4)C(=O)O)c3c2-c2ccc(OCCN3CCN(C)CC3)c(Cl)c2C)cn1. The van der Waals surface area contributed by atoms with Crippen LogP contribution in [0.4, 0.5) is 0 Å². The number of para-hydroxylation sites is 2. The van der Waals surface area contributed by atoms with E-state index < -0.39 is 12.1 Å². The number of nitrogens with zero attached hydrogens (tertiary/aromatic N) is 8. The molecule has 1 aliphatic heterocycles. The van der Waals surface area contributed by atoms with Crippen molar-refractivity contribution in [1.82, 2.24) is 38.9 Å². The molecule has 7 aromatic rings. The first-order valence-electron chi connectivity index (χ1n) is 20.4. The number of benzene rings is 3. The maximum absolute atomic E-state index is 13.0. The number of carboxylic acids is 1. The predicted molar refractivity (Wildman–Crippen MR) is 239 cm³/mol. The minimum atomic E-state index is -1.32. The van der Waals surface area contributed by atoms with E-state index in [2.05, 4.69) is 31.3 Å². The van der Waals surface area contributed by atoms with Crippen molar-refractivity contribution in [3.8, 4) is 56.9 Å². The molecular weight excluding hydrogens is 828 g/mol. The van der Waals surface area contributed by atoms with Crippen LogP contribution in [0.15, 0.2) is 91.5 Å². The molecule has 0 bridgehead atoms. The lowest BCUT2D eigenvalue weighted by molar-refractivity contribution is -0.145. The number of fused-ring (bicyclic) bond motifs is 1. The normalized spacial score (nSPS) is 13.9. The highest BCUT2D eigenvalue weighted by Crippen LogP contribution is 2.46. The fourth-order valence-electron chi connectivity index (χ4n) is 7.45. The fraction of sp³-hybridized carbons (Fsp3) is 0.304. The van der Waals surface area contributed by atoms with Gasteiger partial charge in [0.2, 0.25) is 12.0 Å². The molecule has 1 N–H and O–H groups in total. The highest BCUT2D eigenvalue weighted by Gasteiger charge is 2.28. The molecular formula is C46H47ClN8O6S. The van der Waals surface area contributed by atoms with Gasteiger partial charge in [0.1, 0.15) is 30.5 Å². The van der Waals surface area contributed by atoms with Crippen LogP contribution in [0.3, 0.4) is 0 Å². The van der Waals surface area contributed by atoms with Crippen LogP contribution in [0.5, 0.6) is 23.1 Å². The molecule has 0 spiro atoms. The summed E-state index contributed by atoms with van der Waals surface area (Å²) in [4.78, 5) is 31.8. The number of methoxy groups -OCH3 is 1. The number of hydrogen-bond donors (Lipinski definition) is 1. The van der Waals surface area contributed by atoms with Crippen LogP contribution in [-0.2, 0) is 24.4 Å². The number of carbonyl (C=O) groups is 1. The second-order valence-electron chi connectivity index (χ2n) is 15.0. The Morgan fingerprint density at radius 2 is 1.73 bits per heavy atom. The van der Waals surface area contributed by atoms with E-state index in [1.165, 1.54) is 11.5 Å². The lowest BCUT2D eigenvalue weighted by Gasteiger charge is -2.32. The van der Waals surface area contributed by atoms with Crippen molar-refractivity contribution in [2.75, 3.05) is 53.5 Å². The number of halogens is 1. The molecule has 16 heteroatoms. The minimum Gasteiger partial charge on any atom is -0.496 e. The van der Waals surface area contributed by atoms with Gasteiger partial charge in [0.05, 0.1) is 45.4 Å². The van der Waals surface area contributed by atoms with Crippen LogP contribution >= 0.6 is 23.1 Å². The average Bonchev–Trinajstić information content (AvgIpc) is 3.95. The highest BCUT2D eigenvalue weighted by atomic mass is 35.5. The second kappa shape index (κ2) is 19.3. The van der Waals surface area contributed by atoms with Crippen molar-refractivity contribution in [3.63, 3.8) is 0 Å². The zero-order valence-corrected chi connectivity index (χ0v) is 36.5. The zero-order chi connectivity index (χ0) is 43.2. The van der Waals surface area contributed by atoms with E-state index in [1.807, 2.05) is 79.3 Å². The van der Waals surface area contributed by atoms with Gasteiger partial charge in [-0.15, -0.1) is 0 Å². The van der Waals surface area contributed by atoms with E-state index in [1.54, 1.807) is 37.8 Å². The van der Waals surface area contributed by atoms with E-state index in [0.717, 1.165) is 59.7 Å². The molecule has 1 unspecified atom stereocenters. The Morgan fingerprint density at radius 3 is 2.50 bits per heavy atom. The summed E-state index contributed by atoms with van der Waals surface area (Å²) in [7, 11) is 3.74. The van der Waals surface area contributed by atoms with Crippen molar-refractivity contribution >= 4 is 39.2 Å². The van der Waals surface area contributed by atoms with Gasteiger partial charge in [0.15, 0.2) is 5.82 Å². The maximum atomic E-state index is 13.0. The van der Waals surface area contributed by atoms with Crippen LogP contribution in [0.25, 0.3) is 43.9 Å². The largest absolute Gasteiger partial charge is 0.496 e. The summed E-state index contributed by atoms with van der Waals surface area (Å²) in [5.74, 6) is 1.26. The first kappa shape index (κ1) is 42.6. The van der Waals surface area contributed by atoms with Gasteiger partial charge in [0.25, 0.3) is 0 Å². The van der Waals surface area contributed by atoms with Crippen molar-refractivity contribution in [2.24, 2.45) is 0 Å². The number of pyridine rings is 1. The monoisotopic (exact) mass is 874 g/mol. The van der Waals surface area contributed by atoms with Gasteiger partial charge >= 0.3 is 5.97 Å². The number of aliphatic carboxylic acids is 1. The molecule has 14 nitrogen and oxygen atoms in total. The standard InChI is InChI=1S/C46H47ClN8O6S/c1-5-55-27-31(25-50-55)43-40(33-14-15-37(42(47)29(33)2)59-23-22-54-20-18-53(3)19-21-54)41-39(26-49-43)62-52-45(41)61-38(46(56)57)24-30-10-6-8-12-35(30)60-28-32-16-17-48-44(51-32)34-11-7-9-13-36(34)58-4/h6-17,25-27,38H,5,18-24,28H2,1-4H3,(H,56,57). The number of ether oxygens (including phenoxy) is 4. The van der Waals surface area contributed by atoms with Gasteiger partial charge in [-0.05, 0) is 79.4 Å². The topological polar surface area (TPSA) is 150 Å². The van der Waals surface area contributed by atoms with Gasteiger partial charge in [-0.1, -0.05) is 48.0 Å². The van der Waals surface area contributed by atoms with E-state index in [0.29, 0.717) is 69.1 Å². The van der Waals surface area contributed by atoms with E-state index >= 15 is 0 Å². The summed E-state index contributed by atoms with van der Waals surface area (Å²) in [6, 6.07) is 20.5. The van der Waals surface area contributed by atoms with Crippen LogP contribution in [0.2, 0.25) is 5.02 Å². The van der Waals surface area contributed by atoms with Gasteiger partial charge in [-0.2, -0.15) is 9.47 Å². The average molecular weight is 875 g/mol. The van der Waals surface area contributed by atoms with Gasteiger partial charge in [-0.3, -0.25) is 14.6 Å². The Bertz CT molecular complexity index is 2680. The van der Waals surface area contributed by atoms with E-state index in [4.69, 9.17) is 40.5 Å². The summed E-state index contributed by atoms with van der Waals surface area (Å²) in [6.45, 7) is 10.1. The molecule has 1 atom stereocenters. The Hall–Kier alpha value is -6.13. The molecule has 1 aliphatic rings. The molecule has 62 heavy (non-hydrogen) atoms. The molecule has 5 heterocycles. The molecule has 3 aromatic carbocycles. The molecule has 0 amide bonds. The number of likely N-dealkylation sites (N-methyl/N-ethyl adjacent to an activating group) is 1. The van der Waals surface area contributed by atoms with Crippen LogP contribution in [0, 0.1) is 6.92 Å². The second-order valence-corrected chi connectivity index (χ2v) is 16.1. The summed E-state index contributed by atoms with van der Waals surface area (Å²) in [6.07, 6.45) is 5.77. The number of aromatic nitrogens is 6. The van der Waals surface area contributed by atoms with Crippen LogP contribution < -0.4 is 18.9 Å². The third-order valence-corrected chi connectivity index (χ3v) is 12.2. The summed E-state index contributed by atoms with van der Waals surface area (Å²) >= 11 is 8.28. The smallest absolute Gasteiger partial charge is 0.345 e. The molecule has 320 valence electrons. The molecule has 8 rings (SSSR count). The maximum Gasteiger partial charge on any atom is 0.345 e. The number of piperazine rings is 1. The van der Waals surface area contributed by atoms with Gasteiger partial charge < -0.3 is 29.0 Å². The van der Waals surface area contributed by atoms with Crippen molar-refractivity contribution < 1.29 is 28.8 Å². The Kier molecular flexibility index (Phi) is 13.2. The highest BCUT2D eigenvalue weighted by molar-refractivity contribution is 7.13. The predicted octanol–water partition coefficient (Wildman–Crippen LogP) is 7.95. The quantitative estimate of drug-likeness (QED) is 0.0944. The Morgan fingerprint density at radius 1 is 0.935 bits per heavy atom. The van der Waals surface area contributed by atoms with E-state index in [-0.39, 0.29) is 18.9 Å². The van der Waals surface area contributed by atoms with Gasteiger partial charge in [0, 0.05) is 75.4 Å². The van der Waals surface area contributed by atoms with Crippen molar-refractivity contribution in [2.45, 2.75) is 39.5 Å². The molecule has 4 aromatic heterocycles. The Labute approximate surface area is 368 Å². The minimum absolute atomic E-state index is 0.0116. The van der Waals surface area contributed by atoms with E-state index in [9.17, 15) is 9.90 Å². The number of carboxylic acid groups (broad SMARTS) is 1. The first-order chi connectivity index (χ1) is 30.2. The summed E-state index contributed by atoms with van der Waals surface area (Å²) < 4.78 is 31.7. The number of rotatable bonds is 17. The molecule has 1 saturated heterocycles. The summed E-state index contributed by atoms with van der Waals surface area (Å²) in [5, 5.41) is 16.3. The van der Waals surface area contributed by atoms with Crippen LogP contribution in [-0.4, -0.2) is 110 Å². The van der Waals surface area contributed by atoms with Crippen molar-refractivity contribution in [1.29, 1.82) is 0 Å². The summed E-state index contributed by atoms with van der Waals surface area (Å²) in [5.41, 5.74) is 5.71. The molecule has 0 saturated carbocycles. The molecule has 0 radical (unpaired) electrons. The third-order valence-electron chi connectivity index (χ3n) is 10.9. The van der Waals surface area contributed by atoms with Crippen LogP contribution in [0.1, 0.15) is 23.7 Å². The molecule has 1 fully saturated rings.